The van der Waals surface area contributed by atoms with Crippen LogP contribution in [-0.4, -0.2) is 16.1 Å². The third-order valence-corrected chi connectivity index (χ3v) is 4.68. The first-order valence-corrected chi connectivity index (χ1v) is 7.67. The normalized spacial score (nSPS) is 17.4. The molecule has 0 fully saturated rings. The molecule has 0 amide bonds. The maximum Gasteiger partial charge on any atom is 0.335 e. The van der Waals surface area contributed by atoms with E-state index in [1.54, 1.807) is 12.1 Å². The van der Waals surface area contributed by atoms with Gasteiger partial charge in [-0.25, -0.2) is 4.79 Å². The molecule has 3 heteroatoms. The van der Waals surface area contributed by atoms with E-state index in [9.17, 15) is 9.90 Å². The minimum absolute atomic E-state index is 0.142. The molecule has 1 aliphatic carbocycles. The van der Waals surface area contributed by atoms with Gasteiger partial charge in [0.15, 0.2) is 0 Å². The van der Waals surface area contributed by atoms with Gasteiger partial charge in [-0.15, -0.1) is 0 Å². The number of aromatic amines is 1. The monoisotopic (exact) mass is 291 g/mol. The number of carboxylic acid groups (broad SMARTS) is 1. The third-order valence-electron chi connectivity index (χ3n) is 4.68. The van der Waals surface area contributed by atoms with Crippen LogP contribution in [0, 0.1) is 0 Å². The van der Waals surface area contributed by atoms with E-state index >= 15 is 0 Å². The molecule has 0 saturated carbocycles. The van der Waals surface area contributed by atoms with E-state index in [0.29, 0.717) is 5.56 Å². The molecule has 0 saturated heterocycles. The molecule has 1 atom stereocenters. The zero-order valence-electron chi connectivity index (χ0n) is 12.2. The molecule has 1 aliphatic rings. The Kier molecular flexibility index (Phi) is 3.00. The molecule has 1 heterocycles. The number of hydrogen-bond acceptors (Lipinski definition) is 1. The van der Waals surface area contributed by atoms with Crippen LogP contribution < -0.4 is 0 Å². The van der Waals surface area contributed by atoms with Gasteiger partial charge in [-0.1, -0.05) is 36.4 Å². The first-order chi connectivity index (χ1) is 10.8. The highest BCUT2D eigenvalue weighted by atomic mass is 16.4. The molecule has 3 nitrogen and oxygen atoms in total. The highest BCUT2D eigenvalue weighted by Crippen LogP contribution is 2.40. The van der Waals surface area contributed by atoms with E-state index in [4.69, 9.17) is 0 Å². The Hall–Kier alpha value is -2.55. The highest BCUT2D eigenvalue weighted by Gasteiger charge is 2.28. The van der Waals surface area contributed by atoms with Crippen molar-refractivity contribution in [1.82, 2.24) is 4.98 Å². The van der Waals surface area contributed by atoms with Crippen LogP contribution in [-0.2, 0) is 6.42 Å². The SMILES string of the molecule is O=C(O)c1ccccc1C1CCCc2c1[nH]c1ccccc21. The van der Waals surface area contributed by atoms with Gasteiger partial charge >= 0.3 is 5.97 Å². The van der Waals surface area contributed by atoms with Crippen LogP contribution in [0.4, 0.5) is 0 Å². The summed E-state index contributed by atoms with van der Waals surface area (Å²) in [5.74, 6) is -0.706. The van der Waals surface area contributed by atoms with Crippen molar-refractivity contribution < 1.29 is 9.90 Å². The Bertz CT molecular complexity index is 863. The van der Waals surface area contributed by atoms with Crippen molar-refractivity contribution in [3.05, 3.63) is 70.9 Å². The van der Waals surface area contributed by atoms with E-state index in [-0.39, 0.29) is 5.92 Å². The van der Waals surface area contributed by atoms with Crippen LogP contribution in [0.15, 0.2) is 48.5 Å². The second-order valence-electron chi connectivity index (χ2n) is 5.90. The Morgan fingerprint density at radius 2 is 1.86 bits per heavy atom. The second kappa shape index (κ2) is 5.02. The summed E-state index contributed by atoms with van der Waals surface area (Å²) in [5.41, 5.74) is 5.03. The number of rotatable bonds is 2. The molecule has 0 bridgehead atoms. The number of aromatic carboxylic acids is 1. The Morgan fingerprint density at radius 3 is 2.73 bits per heavy atom. The van der Waals surface area contributed by atoms with Gasteiger partial charge in [0.2, 0.25) is 0 Å². The molecule has 2 aromatic carbocycles. The molecular formula is C19H17NO2. The van der Waals surface area contributed by atoms with Gasteiger partial charge in [-0.2, -0.15) is 0 Å². The van der Waals surface area contributed by atoms with E-state index < -0.39 is 5.97 Å². The lowest BCUT2D eigenvalue weighted by molar-refractivity contribution is 0.0695. The van der Waals surface area contributed by atoms with E-state index in [1.807, 2.05) is 18.2 Å². The number of carboxylic acids is 1. The van der Waals surface area contributed by atoms with Crippen LogP contribution in [0.1, 0.15) is 45.9 Å². The van der Waals surface area contributed by atoms with Crippen LogP contribution >= 0.6 is 0 Å². The number of benzene rings is 2. The second-order valence-corrected chi connectivity index (χ2v) is 5.90. The van der Waals surface area contributed by atoms with Crippen molar-refractivity contribution in [3.8, 4) is 0 Å². The topological polar surface area (TPSA) is 53.1 Å². The van der Waals surface area contributed by atoms with Gasteiger partial charge in [0.1, 0.15) is 0 Å². The number of carbonyl (C=O) groups is 1. The number of fused-ring (bicyclic) bond motifs is 3. The number of H-pyrrole nitrogens is 1. The minimum atomic E-state index is -0.848. The summed E-state index contributed by atoms with van der Waals surface area (Å²) in [6.07, 6.45) is 3.14. The Labute approximate surface area is 128 Å². The lowest BCUT2D eigenvalue weighted by Gasteiger charge is -2.24. The summed E-state index contributed by atoms with van der Waals surface area (Å²) >= 11 is 0. The maximum absolute atomic E-state index is 11.5. The summed E-state index contributed by atoms with van der Waals surface area (Å²) in [5, 5.41) is 10.7. The fourth-order valence-corrected chi connectivity index (χ4v) is 3.72. The fraction of sp³-hybridized carbons (Fsp3) is 0.211. The fourth-order valence-electron chi connectivity index (χ4n) is 3.72. The standard InChI is InChI=1S/C19H17NO2/c21-19(22)16-8-2-1-6-12(16)14-9-5-10-15-13-7-3-4-11-17(13)20-18(14)15/h1-4,6-8,11,14,20H,5,9-10H2,(H,21,22). The Morgan fingerprint density at radius 1 is 1.09 bits per heavy atom. The molecule has 0 aliphatic heterocycles. The van der Waals surface area contributed by atoms with Gasteiger partial charge in [0.05, 0.1) is 5.56 Å². The minimum Gasteiger partial charge on any atom is -0.478 e. The molecule has 4 rings (SSSR count). The summed E-state index contributed by atoms with van der Waals surface area (Å²) in [4.78, 5) is 15.1. The Balaban J connectivity index is 1.92. The van der Waals surface area contributed by atoms with Crippen LogP contribution in [0.5, 0.6) is 0 Å². The molecule has 1 unspecified atom stereocenters. The molecule has 0 radical (unpaired) electrons. The van der Waals surface area contributed by atoms with Crippen molar-refractivity contribution in [3.63, 3.8) is 0 Å². The quantitative estimate of drug-likeness (QED) is 0.738. The summed E-state index contributed by atoms with van der Waals surface area (Å²) in [7, 11) is 0. The number of aromatic nitrogens is 1. The lowest BCUT2D eigenvalue weighted by atomic mass is 9.80. The number of aryl methyl sites for hydroxylation is 1. The van der Waals surface area contributed by atoms with Gasteiger partial charge < -0.3 is 10.1 Å². The zero-order chi connectivity index (χ0) is 15.1. The van der Waals surface area contributed by atoms with Crippen LogP contribution in [0.2, 0.25) is 0 Å². The molecule has 3 aromatic rings. The van der Waals surface area contributed by atoms with Gasteiger partial charge in [-0.05, 0) is 42.5 Å². The molecule has 22 heavy (non-hydrogen) atoms. The van der Waals surface area contributed by atoms with Gasteiger partial charge in [0.25, 0.3) is 0 Å². The van der Waals surface area contributed by atoms with Gasteiger partial charge in [-0.3, -0.25) is 0 Å². The number of nitrogens with one attached hydrogen (secondary N) is 1. The maximum atomic E-state index is 11.5. The van der Waals surface area contributed by atoms with E-state index in [2.05, 4.69) is 23.2 Å². The van der Waals surface area contributed by atoms with Crippen molar-refractivity contribution >= 4 is 16.9 Å². The molecule has 2 N–H and O–H groups in total. The molecule has 1 aromatic heterocycles. The van der Waals surface area contributed by atoms with E-state index in [1.165, 1.54) is 16.6 Å². The molecule has 0 spiro atoms. The summed E-state index contributed by atoms with van der Waals surface area (Å²) < 4.78 is 0. The van der Waals surface area contributed by atoms with Crippen molar-refractivity contribution in [2.75, 3.05) is 0 Å². The van der Waals surface area contributed by atoms with Crippen LogP contribution in [0.3, 0.4) is 0 Å². The molecule has 110 valence electrons. The van der Waals surface area contributed by atoms with Crippen molar-refractivity contribution in [1.29, 1.82) is 0 Å². The zero-order valence-corrected chi connectivity index (χ0v) is 12.2. The largest absolute Gasteiger partial charge is 0.478 e. The average Bonchev–Trinajstić information content (AvgIpc) is 2.93. The smallest absolute Gasteiger partial charge is 0.335 e. The third kappa shape index (κ3) is 1.93. The summed E-state index contributed by atoms with van der Waals surface area (Å²) in [6.45, 7) is 0. The van der Waals surface area contributed by atoms with Crippen molar-refractivity contribution in [2.45, 2.75) is 25.2 Å². The van der Waals surface area contributed by atoms with E-state index in [0.717, 1.165) is 30.3 Å². The first-order valence-electron chi connectivity index (χ1n) is 7.67. The highest BCUT2D eigenvalue weighted by molar-refractivity contribution is 5.90. The number of hydrogen-bond donors (Lipinski definition) is 2. The van der Waals surface area contributed by atoms with Crippen molar-refractivity contribution in [2.24, 2.45) is 0 Å². The predicted octanol–water partition coefficient (Wildman–Crippen LogP) is 4.33. The predicted molar refractivity (Wildman–Crippen MR) is 86.5 cm³/mol. The summed E-state index contributed by atoms with van der Waals surface area (Å²) in [6, 6.07) is 15.7. The number of para-hydroxylation sites is 1. The average molecular weight is 291 g/mol. The lowest BCUT2D eigenvalue weighted by Crippen LogP contribution is -2.14. The molecular weight excluding hydrogens is 274 g/mol. The first kappa shape index (κ1) is 13.1. The van der Waals surface area contributed by atoms with Crippen LogP contribution in [0.25, 0.3) is 10.9 Å². The van der Waals surface area contributed by atoms with Gasteiger partial charge in [0, 0.05) is 22.5 Å².